The fraction of sp³-hybridized carbons (Fsp3) is 0.300. The predicted octanol–water partition coefficient (Wildman–Crippen LogP) is 1.26. The zero-order chi connectivity index (χ0) is 11.3. The normalized spacial score (nSPS) is 10.3. The number of hydroxylamine groups is 1. The third kappa shape index (κ3) is 4.42. The number of primary amides is 1. The maximum atomic E-state index is 10.4. The molecule has 0 spiro atoms. The van der Waals surface area contributed by atoms with Crippen LogP contribution in [0.2, 0.25) is 0 Å². The summed E-state index contributed by atoms with van der Waals surface area (Å²) in [5, 5.41) is 0. The molecule has 0 unspecified atom stereocenters. The van der Waals surface area contributed by atoms with E-state index in [1.807, 2.05) is 25.1 Å². The Bertz CT molecular complexity index is 355. The van der Waals surface area contributed by atoms with Crippen molar-refractivity contribution in [3.63, 3.8) is 0 Å². The number of halogens is 1. The lowest BCUT2D eigenvalue weighted by molar-refractivity contribution is -0.125. The Hall–Kier alpha value is -0.910. The molecule has 0 saturated carbocycles. The zero-order valence-corrected chi connectivity index (χ0v) is 10.0. The highest BCUT2D eigenvalue weighted by atomic mass is 79.9. The molecule has 0 bridgehead atoms. The van der Waals surface area contributed by atoms with Crippen LogP contribution in [0.25, 0.3) is 0 Å². The molecule has 0 fully saturated rings. The van der Waals surface area contributed by atoms with Gasteiger partial charge in [0.25, 0.3) is 0 Å². The Kier molecular flexibility index (Phi) is 4.74. The second kappa shape index (κ2) is 5.85. The molecule has 5 heteroatoms. The first-order valence-electron chi connectivity index (χ1n) is 4.47. The van der Waals surface area contributed by atoms with Gasteiger partial charge in [0.15, 0.2) is 0 Å². The molecule has 0 aromatic heterocycles. The lowest BCUT2D eigenvalue weighted by Crippen LogP contribution is -2.24. The first-order chi connectivity index (χ1) is 7.09. The highest BCUT2D eigenvalue weighted by Crippen LogP contribution is 2.16. The van der Waals surface area contributed by atoms with Crippen molar-refractivity contribution in [2.45, 2.75) is 13.5 Å². The van der Waals surface area contributed by atoms with Crippen LogP contribution in [0.4, 0.5) is 0 Å². The van der Waals surface area contributed by atoms with Crippen LogP contribution in [0.3, 0.4) is 0 Å². The third-order valence-electron chi connectivity index (χ3n) is 1.82. The maximum absolute atomic E-state index is 10.4. The van der Waals surface area contributed by atoms with Gasteiger partial charge in [0.2, 0.25) is 5.91 Å². The van der Waals surface area contributed by atoms with Crippen molar-refractivity contribution >= 4 is 21.8 Å². The molecule has 1 amide bonds. The van der Waals surface area contributed by atoms with Gasteiger partial charge < -0.3 is 5.73 Å². The summed E-state index contributed by atoms with van der Waals surface area (Å²) in [6.07, 6.45) is 0. The second-order valence-corrected chi connectivity index (χ2v) is 4.01. The number of rotatable bonds is 5. The minimum absolute atomic E-state index is 0.116. The van der Waals surface area contributed by atoms with Gasteiger partial charge in [-0.3, -0.25) is 9.63 Å². The molecular formula is C10H13BrN2O2. The minimum Gasteiger partial charge on any atom is -0.368 e. The topological polar surface area (TPSA) is 64.3 Å². The van der Waals surface area contributed by atoms with Crippen molar-refractivity contribution in [3.05, 3.63) is 33.8 Å². The number of nitrogens with two attached hydrogens (primary N) is 1. The molecular weight excluding hydrogens is 260 g/mol. The van der Waals surface area contributed by atoms with E-state index in [2.05, 4.69) is 21.4 Å². The van der Waals surface area contributed by atoms with Gasteiger partial charge >= 0.3 is 0 Å². The summed E-state index contributed by atoms with van der Waals surface area (Å²) in [7, 11) is 0. The number of nitrogens with one attached hydrogen (secondary N) is 1. The van der Waals surface area contributed by atoms with Gasteiger partial charge in [0, 0.05) is 11.0 Å². The van der Waals surface area contributed by atoms with E-state index >= 15 is 0 Å². The second-order valence-electron chi connectivity index (χ2n) is 3.16. The van der Waals surface area contributed by atoms with Crippen molar-refractivity contribution in [1.82, 2.24) is 5.48 Å². The molecule has 1 rings (SSSR count). The molecule has 82 valence electrons. The van der Waals surface area contributed by atoms with Gasteiger partial charge in [-0.15, -0.1) is 0 Å². The lowest BCUT2D eigenvalue weighted by atomic mass is 10.1. The minimum atomic E-state index is -0.491. The quantitative estimate of drug-likeness (QED) is 0.627. The SMILES string of the molecule is Cc1cc(CNOCC(N)=O)ccc1Br. The van der Waals surface area contributed by atoms with Gasteiger partial charge in [0.05, 0.1) is 0 Å². The van der Waals surface area contributed by atoms with Crippen molar-refractivity contribution in [3.8, 4) is 0 Å². The van der Waals surface area contributed by atoms with Gasteiger partial charge in [-0.1, -0.05) is 28.1 Å². The number of carbonyl (C=O) groups excluding carboxylic acids is 1. The number of carbonyl (C=O) groups is 1. The largest absolute Gasteiger partial charge is 0.368 e. The molecule has 0 atom stereocenters. The van der Waals surface area contributed by atoms with E-state index in [1.54, 1.807) is 0 Å². The van der Waals surface area contributed by atoms with Gasteiger partial charge in [0.1, 0.15) is 6.61 Å². The molecule has 1 aromatic carbocycles. The number of hydrogen-bond acceptors (Lipinski definition) is 3. The highest BCUT2D eigenvalue weighted by Gasteiger charge is 1.98. The van der Waals surface area contributed by atoms with Gasteiger partial charge in [-0.05, 0) is 24.1 Å². The van der Waals surface area contributed by atoms with E-state index in [4.69, 9.17) is 10.6 Å². The number of aryl methyl sites for hydroxylation is 1. The summed E-state index contributed by atoms with van der Waals surface area (Å²) < 4.78 is 1.07. The van der Waals surface area contributed by atoms with Crippen molar-refractivity contribution < 1.29 is 9.63 Å². The standard InChI is InChI=1S/C10H13BrN2O2/c1-7-4-8(2-3-9(7)11)5-13-15-6-10(12)14/h2-4,13H,5-6H2,1H3,(H2,12,14). The van der Waals surface area contributed by atoms with Crippen LogP contribution in [-0.4, -0.2) is 12.5 Å². The average molecular weight is 273 g/mol. The number of hydrogen-bond donors (Lipinski definition) is 2. The molecule has 4 nitrogen and oxygen atoms in total. The van der Waals surface area contributed by atoms with Gasteiger partial charge in [-0.2, -0.15) is 5.48 Å². The Labute approximate surface area is 96.9 Å². The van der Waals surface area contributed by atoms with E-state index in [-0.39, 0.29) is 6.61 Å². The molecule has 0 heterocycles. The fourth-order valence-corrected chi connectivity index (χ4v) is 1.32. The van der Waals surface area contributed by atoms with Crippen LogP contribution in [-0.2, 0) is 16.2 Å². The molecule has 0 aliphatic heterocycles. The molecule has 0 saturated heterocycles. The maximum Gasteiger partial charge on any atom is 0.245 e. The molecule has 15 heavy (non-hydrogen) atoms. The summed E-state index contributed by atoms with van der Waals surface area (Å²) in [5.41, 5.74) is 9.81. The number of benzene rings is 1. The molecule has 0 radical (unpaired) electrons. The first kappa shape index (κ1) is 12.2. The Morgan fingerprint density at radius 2 is 2.33 bits per heavy atom. The summed E-state index contributed by atoms with van der Waals surface area (Å²) >= 11 is 3.42. The van der Waals surface area contributed by atoms with Crippen LogP contribution in [0.1, 0.15) is 11.1 Å². The Balaban J connectivity index is 2.38. The molecule has 1 aromatic rings. The van der Waals surface area contributed by atoms with E-state index in [0.717, 1.165) is 15.6 Å². The average Bonchev–Trinajstić information content (AvgIpc) is 2.18. The van der Waals surface area contributed by atoms with Crippen LogP contribution >= 0.6 is 15.9 Å². The van der Waals surface area contributed by atoms with Crippen LogP contribution in [0, 0.1) is 6.92 Å². The van der Waals surface area contributed by atoms with Crippen LogP contribution < -0.4 is 11.2 Å². The summed E-state index contributed by atoms with van der Waals surface area (Å²) in [5.74, 6) is -0.491. The van der Waals surface area contributed by atoms with Crippen LogP contribution in [0.5, 0.6) is 0 Å². The summed E-state index contributed by atoms with van der Waals surface area (Å²) in [6, 6.07) is 5.98. The summed E-state index contributed by atoms with van der Waals surface area (Å²) in [4.78, 5) is 15.2. The van der Waals surface area contributed by atoms with Crippen molar-refractivity contribution in [2.24, 2.45) is 5.73 Å². The van der Waals surface area contributed by atoms with E-state index in [9.17, 15) is 4.79 Å². The van der Waals surface area contributed by atoms with E-state index < -0.39 is 5.91 Å². The van der Waals surface area contributed by atoms with Crippen LogP contribution in [0.15, 0.2) is 22.7 Å². The first-order valence-corrected chi connectivity index (χ1v) is 5.27. The van der Waals surface area contributed by atoms with E-state index in [0.29, 0.717) is 6.54 Å². The molecule has 3 N–H and O–H groups in total. The highest BCUT2D eigenvalue weighted by molar-refractivity contribution is 9.10. The number of amides is 1. The van der Waals surface area contributed by atoms with E-state index in [1.165, 1.54) is 0 Å². The zero-order valence-electron chi connectivity index (χ0n) is 8.42. The van der Waals surface area contributed by atoms with Crippen molar-refractivity contribution in [1.29, 1.82) is 0 Å². The molecule has 0 aliphatic rings. The third-order valence-corrected chi connectivity index (χ3v) is 2.70. The Morgan fingerprint density at radius 1 is 1.60 bits per heavy atom. The van der Waals surface area contributed by atoms with Crippen molar-refractivity contribution in [2.75, 3.05) is 6.61 Å². The summed E-state index contributed by atoms with van der Waals surface area (Å²) in [6.45, 7) is 2.44. The lowest BCUT2D eigenvalue weighted by Gasteiger charge is -2.06. The van der Waals surface area contributed by atoms with Gasteiger partial charge in [-0.25, -0.2) is 0 Å². The molecule has 0 aliphatic carbocycles. The monoisotopic (exact) mass is 272 g/mol. The smallest absolute Gasteiger partial charge is 0.245 e. The Morgan fingerprint density at radius 3 is 2.93 bits per heavy atom. The fourth-order valence-electron chi connectivity index (χ4n) is 1.07. The predicted molar refractivity (Wildman–Crippen MR) is 60.9 cm³/mol.